The topological polar surface area (TPSA) is 72.4 Å². The Morgan fingerprint density at radius 1 is 1.56 bits per heavy atom. The van der Waals surface area contributed by atoms with Crippen molar-refractivity contribution in [1.29, 1.82) is 0 Å². The Hall–Kier alpha value is -0.980. The SMILES string of the molecule is CC1CCC(CN)CN1Cc1ccc([N+](=O)[O-])s1. The summed E-state index contributed by atoms with van der Waals surface area (Å²) in [7, 11) is 0. The molecule has 1 aliphatic rings. The Balaban J connectivity index is 2.00. The molecule has 1 aromatic heterocycles. The molecule has 0 saturated carbocycles. The summed E-state index contributed by atoms with van der Waals surface area (Å²) >= 11 is 1.27. The third-order valence-electron chi connectivity index (χ3n) is 3.63. The molecule has 2 heterocycles. The van der Waals surface area contributed by atoms with E-state index in [1.165, 1.54) is 17.8 Å². The molecule has 0 amide bonds. The minimum Gasteiger partial charge on any atom is -0.330 e. The van der Waals surface area contributed by atoms with Gasteiger partial charge in [0, 0.05) is 30.1 Å². The lowest BCUT2D eigenvalue weighted by atomic mass is 9.93. The van der Waals surface area contributed by atoms with Crippen LogP contribution in [0.4, 0.5) is 5.00 Å². The molecule has 2 N–H and O–H groups in total. The number of piperidine rings is 1. The minimum atomic E-state index is -0.323. The molecular formula is C12H19N3O2S. The van der Waals surface area contributed by atoms with E-state index in [1.807, 2.05) is 6.07 Å². The first-order valence-corrected chi connectivity index (χ1v) is 7.09. The molecule has 0 aromatic carbocycles. The monoisotopic (exact) mass is 269 g/mol. The lowest BCUT2D eigenvalue weighted by molar-refractivity contribution is -0.380. The van der Waals surface area contributed by atoms with Gasteiger partial charge in [0.15, 0.2) is 0 Å². The number of hydrogen-bond donors (Lipinski definition) is 1. The molecule has 5 nitrogen and oxygen atoms in total. The summed E-state index contributed by atoms with van der Waals surface area (Å²) in [4.78, 5) is 13.8. The van der Waals surface area contributed by atoms with E-state index < -0.39 is 0 Å². The Morgan fingerprint density at radius 3 is 2.94 bits per heavy atom. The number of likely N-dealkylation sites (tertiary alicyclic amines) is 1. The third-order valence-corrected chi connectivity index (χ3v) is 4.65. The average molecular weight is 269 g/mol. The molecule has 0 radical (unpaired) electrons. The van der Waals surface area contributed by atoms with Gasteiger partial charge in [0.2, 0.25) is 0 Å². The van der Waals surface area contributed by atoms with Gasteiger partial charge in [-0.2, -0.15) is 0 Å². The van der Waals surface area contributed by atoms with Crippen LogP contribution >= 0.6 is 11.3 Å². The molecule has 1 fully saturated rings. The zero-order valence-electron chi connectivity index (χ0n) is 10.5. The molecule has 6 heteroatoms. The van der Waals surface area contributed by atoms with E-state index in [0.29, 0.717) is 12.0 Å². The summed E-state index contributed by atoms with van der Waals surface area (Å²) in [6, 6.07) is 3.99. The highest BCUT2D eigenvalue weighted by Gasteiger charge is 2.25. The summed E-state index contributed by atoms with van der Waals surface area (Å²) in [5, 5.41) is 10.9. The first-order chi connectivity index (χ1) is 8.60. The van der Waals surface area contributed by atoms with Crippen LogP contribution in [-0.4, -0.2) is 29.0 Å². The smallest absolute Gasteiger partial charge is 0.324 e. The molecule has 2 rings (SSSR count). The van der Waals surface area contributed by atoms with Crippen molar-refractivity contribution in [1.82, 2.24) is 4.90 Å². The first kappa shape index (κ1) is 13.5. The van der Waals surface area contributed by atoms with Crippen molar-refractivity contribution in [2.45, 2.75) is 32.4 Å². The van der Waals surface area contributed by atoms with Crippen molar-refractivity contribution in [2.75, 3.05) is 13.1 Å². The quantitative estimate of drug-likeness (QED) is 0.672. The Bertz CT molecular complexity index is 421. The van der Waals surface area contributed by atoms with Gasteiger partial charge in [-0.05, 0) is 38.3 Å². The summed E-state index contributed by atoms with van der Waals surface area (Å²) in [5.41, 5.74) is 5.73. The molecule has 1 aliphatic heterocycles. The number of nitrogens with zero attached hydrogens (tertiary/aromatic N) is 2. The Kier molecular flexibility index (Phi) is 4.31. The van der Waals surface area contributed by atoms with Crippen LogP contribution in [-0.2, 0) is 6.54 Å². The molecule has 1 saturated heterocycles. The maximum atomic E-state index is 10.7. The Labute approximate surface area is 111 Å². The summed E-state index contributed by atoms with van der Waals surface area (Å²) in [6.07, 6.45) is 2.36. The van der Waals surface area contributed by atoms with Crippen LogP contribution in [0.1, 0.15) is 24.6 Å². The summed E-state index contributed by atoms with van der Waals surface area (Å²) in [6.45, 7) is 4.75. The van der Waals surface area contributed by atoms with Crippen molar-refractivity contribution in [3.05, 3.63) is 27.1 Å². The van der Waals surface area contributed by atoms with E-state index in [0.717, 1.165) is 30.9 Å². The van der Waals surface area contributed by atoms with Gasteiger partial charge < -0.3 is 5.73 Å². The van der Waals surface area contributed by atoms with Crippen molar-refractivity contribution in [3.8, 4) is 0 Å². The van der Waals surface area contributed by atoms with Crippen molar-refractivity contribution < 1.29 is 4.92 Å². The third kappa shape index (κ3) is 3.07. The molecule has 0 aliphatic carbocycles. The fourth-order valence-corrected chi connectivity index (χ4v) is 3.27. The van der Waals surface area contributed by atoms with Crippen LogP contribution in [0.25, 0.3) is 0 Å². The van der Waals surface area contributed by atoms with Crippen LogP contribution in [0.2, 0.25) is 0 Å². The fourth-order valence-electron chi connectivity index (χ4n) is 2.42. The molecule has 1 aromatic rings. The van der Waals surface area contributed by atoms with Gasteiger partial charge in [-0.15, -0.1) is 0 Å². The predicted octanol–water partition coefficient (Wildman–Crippen LogP) is 2.22. The van der Waals surface area contributed by atoms with Crippen LogP contribution in [0.5, 0.6) is 0 Å². The Morgan fingerprint density at radius 2 is 2.33 bits per heavy atom. The molecule has 18 heavy (non-hydrogen) atoms. The summed E-state index contributed by atoms with van der Waals surface area (Å²) in [5.74, 6) is 0.566. The lowest BCUT2D eigenvalue weighted by Gasteiger charge is -2.37. The molecule has 2 unspecified atom stereocenters. The van der Waals surface area contributed by atoms with Gasteiger partial charge in [-0.25, -0.2) is 0 Å². The van der Waals surface area contributed by atoms with E-state index >= 15 is 0 Å². The number of thiophene rings is 1. The number of hydrogen-bond acceptors (Lipinski definition) is 5. The second-order valence-corrected chi connectivity index (χ2v) is 6.10. The predicted molar refractivity (Wildman–Crippen MR) is 72.6 cm³/mol. The van der Waals surface area contributed by atoms with E-state index in [9.17, 15) is 10.1 Å². The van der Waals surface area contributed by atoms with Gasteiger partial charge in [0.05, 0.1) is 4.92 Å². The highest BCUT2D eigenvalue weighted by atomic mass is 32.1. The van der Waals surface area contributed by atoms with E-state index in [1.54, 1.807) is 6.07 Å². The van der Waals surface area contributed by atoms with E-state index in [-0.39, 0.29) is 9.92 Å². The molecule has 0 bridgehead atoms. The number of nitro groups is 1. The van der Waals surface area contributed by atoms with Gasteiger partial charge in [-0.1, -0.05) is 11.3 Å². The van der Waals surface area contributed by atoms with Crippen molar-refractivity contribution in [2.24, 2.45) is 11.7 Å². The largest absolute Gasteiger partial charge is 0.330 e. The maximum absolute atomic E-state index is 10.7. The van der Waals surface area contributed by atoms with Crippen molar-refractivity contribution in [3.63, 3.8) is 0 Å². The van der Waals surface area contributed by atoms with Gasteiger partial charge in [0.1, 0.15) is 0 Å². The van der Waals surface area contributed by atoms with Gasteiger partial charge in [0.25, 0.3) is 0 Å². The standard InChI is InChI=1S/C12H19N3O2S/c1-9-2-3-10(6-13)7-14(9)8-11-4-5-12(18-11)15(16)17/h4-5,9-10H,2-3,6-8,13H2,1H3. The minimum absolute atomic E-state index is 0.227. The van der Waals surface area contributed by atoms with E-state index in [4.69, 9.17) is 5.73 Å². The fraction of sp³-hybridized carbons (Fsp3) is 0.667. The second-order valence-electron chi connectivity index (χ2n) is 4.95. The number of nitrogens with two attached hydrogens (primary N) is 1. The van der Waals surface area contributed by atoms with Crippen LogP contribution in [0.15, 0.2) is 12.1 Å². The average Bonchev–Trinajstić information content (AvgIpc) is 2.81. The van der Waals surface area contributed by atoms with Crippen LogP contribution < -0.4 is 5.73 Å². The lowest BCUT2D eigenvalue weighted by Crippen LogP contribution is -2.43. The van der Waals surface area contributed by atoms with Crippen LogP contribution in [0, 0.1) is 16.0 Å². The van der Waals surface area contributed by atoms with Crippen molar-refractivity contribution >= 4 is 16.3 Å². The second kappa shape index (κ2) is 5.77. The highest BCUT2D eigenvalue weighted by molar-refractivity contribution is 7.15. The van der Waals surface area contributed by atoms with Gasteiger partial charge >= 0.3 is 5.00 Å². The number of rotatable bonds is 4. The van der Waals surface area contributed by atoms with Gasteiger partial charge in [-0.3, -0.25) is 15.0 Å². The van der Waals surface area contributed by atoms with Crippen LogP contribution in [0.3, 0.4) is 0 Å². The molecule has 0 spiro atoms. The normalized spacial score (nSPS) is 25.2. The first-order valence-electron chi connectivity index (χ1n) is 6.27. The highest BCUT2D eigenvalue weighted by Crippen LogP contribution is 2.28. The molecule has 100 valence electrons. The maximum Gasteiger partial charge on any atom is 0.324 e. The molecule has 2 atom stereocenters. The summed E-state index contributed by atoms with van der Waals surface area (Å²) < 4.78 is 0. The zero-order chi connectivity index (χ0) is 13.1. The van der Waals surface area contributed by atoms with E-state index in [2.05, 4.69) is 11.8 Å². The zero-order valence-corrected chi connectivity index (χ0v) is 11.4. The molecular weight excluding hydrogens is 250 g/mol.